The lowest BCUT2D eigenvalue weighted by atomic mass is 10.1. The molecule has 96 valence electrons. The lowest BCUT2D eigenvalue weighted by Gasteiger charge is -2.09. The van der Waals surface area contributed by atoms with Crippen LogP contribution in [0.4, 0.5) is 0 Å². The molecule has 1 heterocycles. The van der Waals surface area contributed by atoms with Crippen molar-refractivity contribution in [1.29, 1.82) is 0 Å². The van der Waals surface area contributed by atoms with Crippen molar-refractivity contribution in [2.24, 2.45) is 16.6 Å². The van der Waals surface area contributed by atoms with Crippen molar-refractivity contribution in [3.05, 3.63) is 0 Å². The highest BCUT2D eigenvalue weighted by Crippen LogP contribution is 2.11. The minimum atomic E-state index is 0. The zero-order valence-electron chi connectivity index (χ0n) is 9.78. The van der Waals surface area contributed by atoms with Gasteiger partial charge < -0.3 is 20.5 Å². The number of hydrogen-bond donors (Lipinski definition) is 2. The van der Waals surface area contributed by atoms with Crippen molar-refractivity contribution in [2.75, 3.05) is 40.0 Å². The van der Waals surface area contributed by atoms with E-state index < -0.39 is 0 Å². The molecule has 0 amide bonds. The summed E-state index contributed by atoms with van der Waals surface area (Å²) in [6.45, 7) is 4.13. The predicted octanol–water partition coefficient (Wildman–Crippen LogP) is 0.582. The van der Waals surface area contributed by atoms with Gasteiger partial charge in [-0.1, -0.05) is 0 Å². The van der Waals surface area contributed by atoms with Crippen LogP contribution < -0.4 is 11.1 Å². The van der Waals surface area contributed by atoms with Gasteiger partial charge in [0.1, 0.15) is 0 Å². The third kappa shape index (κ3) is 7.24. The SMILES string of the molecule is CN=C(N)NCCCOCC1CCOC1.I. The van der Waals surface area contributed by atoms with Crippen LogP contribution in [0.25, 0.3) is 0 Å². The average Bonchev–Trinajstić information content (AvgIpc) is 2.75. The lowest BCUT2D eigenvalue weighted by Crippen LogP contribution is -2.32. The summed E-state index contributed by atoms with van der Waals surface area (Å²) >= 11 is 0. The molecule has 0 aromatic rings. The molecule has 0 aromatic heterocycles. The highest BCUT2D eigenvalue weighted by atomic mass is 127. The van der Waals surface area contributed by atoms with E-state index in [0.717, 1.165) is 45.8 Å². The highest BCUT2D eigenvalue weighted by Gasteiger charge is 2.14. The number of nitrogens with one attached hydrogen (secondary N) is 1. The quantitative estimate of drug-likeness (QED) is 0.320. The zero-order chi connectivity index (χ0) is 10.9. The first kappa shape index (κ1) is 15.9. The Hall–Kier alpha value is -0.0800. The molecular weight excluding hydrogens is 321 g/mol. The van der Waals surface area contributed by atoms with Crippen LogP contribution in [0.2, 0.25) is 0 Å². The first-order chi connectivity index (χ1) is 7.33. The van der Waals surface area contributed by atoms with Crippen molar-refractivity contribution in [1.82, 2.24) is 5.32 Å². The average molecular weight is 343 g/mol. The first-order valence-corrected chi connectivity index (χ1v) is 5.44. The molecule has 0 aliphatic carbocycles. The van der Waals surface area contributed by atoms with Crippen LogP contribution in [0.1, 0.15) is 12.8 Å². The van der Waals surface area contributed by atoms with Gasteiger partial charge in [-0.05, 0) is 12.8 Å². The molecule has 0 radical (unpaired) electrons. The van der Waals surface area contributed by atoms with Crippen LogP contribution in [-0.2, 0) is 9.47 Å². The monoisotopic (exact) mass is 343 g/mol. The number of rotatable bonds is 6. The number of aliphatic imine (C=N–C) groups is 1. The molecule has 0 spiro atoms. The Morgan fingerprint density at radius 1 is 1.62 bits per heavy atom. The summed E-state index contributed by atoms with van der Waals surface area (Å²) in [6.07, 6.45) is 2.08. The second-order valence-corrected chi connectivity index (χ2v) is 3.69. The van der Waals surface area contributed by atoms with Crippen LogP contribution >= 0.6 is 24.0 Å². The molecule has 1 aliphatic rings. The standard InChI is InChI=1S/C10H21N3O2.HI/c1-12-10(11)13-4-2-5-14-7-9-3-6-15-8-9;/h9H,2-8H2,1H3,(H3,11,12,13);1H. The number of nitrogens with zero attached hydrogens (tertiary/aromatic N) is 1. The van der Waals surface area contributed by atoms with Crippen LogP contribution in [-0.4, -0.2) is 46.0 Å². The molecule has 1 atom stereocenters. The van der Waals surface area contributed by atoms with Crippen molar-refractivity contribution in [2.45, 2.75) is 12.8 Å². The zero-order valence-corrected chi connectivity index (χ0v) is 12.1. The van der Waals surface area contributed by atoms with Gasteiger partial charge >= 0.3 is 0 Å². The third-order valence-corrected chi connectivity index (χ3v) is 2.39. The minimum Gasteiger partial charge on any atom is -0.381 e. The fraction of sp³-hybridized carbons (Fsp3) is 0.900. The molecule has 1 rings (SSSR count). The number of hydrogen-bond acceptors (Lipinski definition) is 3. The fourth-order valence-corrected chi connectivity index (χ4v) is 1.43. The van der Waals surface area contributed by atoms with E-state index in [1.165, 1.54) is 0 Å². The first-order valence-electron chi connectivity index (χ1n) is 5.44. The Morgan fingerprint density at radius 3 is 3.06 bits per heavy atom. The maximum atomic E-state index is 5.53. The van der Waals surface area contributed by atoms with Crippen molar-refractivity contribution >= 4 is 29.9 Å². The molecule has 1 fully saturated rings. The van der Waals surface area contributed by atoms with E-state index in [1.807, 2.05) is 0 Å². The van der Waals surface area contributed by atoms with Gasteiger partial charge in [0.05, 0.1) is 13.2 Å². The van der Waals surface area contributed by atoms with Crippen LogP contribution in [0, 0.1) is 5.92 Å². The van der Waals surface area contributed by atoms with Gasteiger partial charge in [-0.2, -0.15) is 0 Å². The fourth-order valence-electron chi connectivity index (χ4n) is 1.43. The molecule has 3 N–H and O–H groups in total. The second kappa shape index (κ2) is 10.1. The molecule has 16 heavy (non-hydrogen) atoms. The molecule has 1 saturated heterocycles. The number of ether oxygens (including phenoxy) is 2. The van der Waals surface area contributed by atoms with Gasteiger partial charge in [-0.25, -0.2) is 0 Å². The van der Waals surface area contributed by atoms with Crippen molar-refractivity contribution in [3.63, 3.8) is 0 Å². The third-order valence-electron chi connectivity index (χ3n) is 2.39. The minimum absolute atomic E-state index is 0. The summed E-state index contributed by atoms with van der Waals surface area (Å²) < 4.78 is 10.8. The van der Waals surface area contributed by atoms with E-state index in [4.69, 9.17) is 15.2 Å². The van der Waals surface area contributed by atoms with Crippen LogP contribution in [0.5, 0.6) is 0 Å². The maximum absolute atomic E-state index is 5.53. The number of guanidine groups is 1. The summed E-state index contributed by atoms with van der Waals surface area (Å²) in [5.74, 6) is 1.08. The summed E-state index contributed by atoms with van der Waals surface area (Å²) in [6, 6.07) is 0. The largest absolute Gasteiger partial charge is 0.381 e. The smallest absolute Gasteiger partial charge is 0.188 e. The molecular formula is C10H22IN3O2. The second-order valence-electron chi connectivity index (χ2n) is 3.69. The summed E-state index contributed by atoms with van der Waals surface area (Å²) in [5.41, 5.74) is 5.47. The van der Waals surface area contributed by atoms with Gasteiger partial charge in [-0.15, -0.1) is 24.0 Å². The molecule has 0 bridgehead atoms. The van der Waals surface area contributed by atoms with Crippen LogP contribution in [0.3, 0.4) is 0 Å². The molecule has 1 aliphatic heterocycles. The molecule has 6 heteroatoms. The van der Waals surface area contributed by atoms with E-state index >= 15 is 0 Å². The number of nitrogens with two attached hydrogens (primary N) is 1. The van der Waals surface area contributed by atoms with E-state index in [2.05, 4.69) is 10.3 Å². The topological polar surface area (TPSA) is 68.9 Å². The molecule has 5 nitrogen and oxygen atoms in total. The Bertz CT molecular complexity index is 197. The summed E-state index contributed by atoms with van der Waals surface area (Å²) in [4.78, 5) is 3.80. The number of halogens is 1. The van der Waals surface area contributed by atoms with Gasteiger partial charge in [0.15, 0.2) is 5.96 Å². The van der Waals surface area contributed by atoms with Crippen molar-refractivity contribution in [3.8, 4) is 0 Å². The van der Waals surface area contributed by atoms with Gasteiger partial charge in [-0.3, -0.25) is 4.99 Å². The van der Waals surface area contributed by atoms with Crippen molar-refractivity contribution < 1.29 is 9.47 Å². The van der Waals surface area contributed by atoms with E-state index in [-0.39, 0.29) is 24.0 Å². The van der Waals surface area contributed by atoms with Gasteiger partial charge in [0.25, 0.3) is 0 Å². The van der Waals surface area contributed by atoms with E-state index in [1.54, 1.807) is 7.05 Å². The van der Waals surface area contributed by atoms with E-state index in [0.29, 0.717) is 11.9 Å². The predicted molar refractivity (Wildman–Crippen MR) is 75.3 cm³/mol. The lowest BCUT2D eigenvalue weighted by molar-refractivity contribution is 0.0888. The molecule has 1 unspecified atom stereocenters. The highest BCUT2D eigenvalue weighted by molar-refractivity contribution is 14.0. The molecule has 0 saturated carbocycles. The van der Waals surface area contributed by atoms with E-state index in [9.17, 15) is 0 Å². The van der Waals surface area contributed by atoms with Gasteiger partial charge in [0.2, 0.25) is 0 Å². The summed E-state index contributed by atoms with van der Waals surface area (Å²) in [7, 11) is 1.67. The Morgan fingerprint density at radius 2 is 2.44 bits per heavy atom. The summed E-state index contributed by atoms with van der Waals surface area (Å²) in [5, 5.41) is 2.98. The Labute approximate surface area is 114 Å². The molecule has 0 aromatic carbocycles. The maximum Gasteiger partial charge on any atom is 0.188 e. The Kier molecular flexibility index (Phi) is 10.0. The normalized spacial score (nSPS) is 20.6. The van der Waals surface area contributed by atoms with Gasteiger partial charge in [0, 0.05) is 32.7 Å². The Balaban J connectivity index is 0.00000225. The van der Waals surface area contributed by atoms with Crippen LogP contribution in [0.15, 0.2) is 4.99 Å².